The minimum atomic E-state index is -1.22. The van der Waals surface area contributed by atoms with Gasteiger partial charge in [0.2, 0.25) is 0 Å². The Kier molecular flexibility index (Phi) is 5.68. The van der Waals surface area contributed by atoms with Crippen molar-refractivity contribution in [2.24, 2.45) is 0 Å². The first-order valence-corrected chi connectivity index (χ1v) is 12.0. The molecule has 0 spiro atoms. The number of amides is 1. The average molecular weight is 499 g/mol. The largest absolute Gasteiger partial charge is 0.507 e. The fourth-order valence-electron chi connectivity index (χ4n) is 5.25. The van der Waals surface area contributed by atoms with Crippen LogP contribution in [0.25, 0.3) is 0 Å². The van der Waals surface area contributed by atoms with Gasteiger partial charge in [0.25, 0.3) is 5.91 Å². The van der Waals surface area contributed by atoms with Gasteiger partial charge in [-0.25, -0.2) is 0 Å². The molecule has 3 N–H and O–H groups in total. The molecule has 0 saturated heterocycles. The van der Waals surface area contributed by atoms with E-state index < -0.39 is 5.41 Å². The van der Waals surface area contributed by atoms with Gasteiger partial charge in [-0.2, -0.15) is 0 Å². The second-order valence-corrected chi connectivity index (χ2v) is 9.66. The Morgan fingerprint density at radius 1 is 0.889 bits per heavy atom. The maximum absolute atomic E-state index is 14.8. The first-order valence-electron chi connectivity index (χ1n) is 11.6. The van der Waals surface area contributed by atoms with E-state index in [1.165, 1.54) is 0 Å². The summed E-state index contributed by atoms with van der Waals surface area (Å²) < 4.78 is 5.45. The molecule has 0 fully saturated rings. The number of aryl methyl sites for hydroxylation is 3. The number of hydrogen-bond donors (Lipinski definition) is 2. The lowest BCUT2D eigenvalue weighted by atomic mass is 9.69. The number of methoxy groups -OCH3 is 1. The van der Waals surface area contributed by atoms with Crippen LogP contribution in [0.3, 0.4) is 0 Å². The SMILES string of the molecule is COc1cccc(N2C(=O)C(c3cc(C)c(O)c(C)c3)(c3cc(C)c(N)c(Cl)c3)c3ccccc32)c1. The Morgan fingerprint density at radius 2 is 1.53 bits per heavy atom. The first-order chi connectivity index (χ1) is 17.2. The van der Waals surface area contributed by atoms with Gasteiger partial charge in [-0.1, -0.05) is 54.1 Å². The van der Waals surface area contributed by atoms with E-state index in [9.17, 15) is 9.90 Å². The van der Waals surface area contributed by atoms with E-state index in [2.05, 4.69) is 0 Å². The third-order valence-corrected chi connectivity index (χ3v) is 7.39. The molecule has 182 valence electrons. The first kappa shape index (κ1) is 23.8. The minimum Gasteiger partial charge on any atom is -0.507 e. The van der Waals surface area contributed by atoms with Crippen LogP contribution in [0.1, 0.15) is 33.4 Å². The molecule has 1 amide bonds. The predicted octanol–water partition coefficient (Wildman–Crippen LogP) is 6.57. The van der Waals surface area contributed by atoms with Crippen molar-refractivity contribution in [3.63, 3.8) is 0 Å². The Bertz CT molecular complexity index is 1430. The van der Waals surface area contributed by atoms with Crippen molar-refractivity contribution in [2.75, 3.05) is 17.7 Å². The predicted molar refractivity (Wildman–Crippen MR) is 145 cm³/mol. The van der Waals surface area contributed by atoms with Crippen LogP contribution in [0.5, 0.6) is 11.5 Å². The monoisotopic (exact) mass is 498 g/mol. The van der Waals surface area contributed by atoms with E-state index in [0.29, 0.717) is 38.8 Å². The number of anilines is 3. The number of carbonyl (C=O) groups excluding carboxylic acids is 1. The molecule has 5 rings (SSSR count). The van der Waals surface area contributed by atoms with Crippen LogP contribution < -0.4 is 15.4 Å². The quantitative estimate of drug-likeness (QED) is 0.312. The molecule has 0 aliphatic carbocycles. The van der Waals surface area contributed by atoms with Crippen molar-refractivity contribution in [1.82, 2.24) is 0 Å². The smallest absolute Gasteiger partial charge is 0.251 e. The van der Waals surface area contributed by atoms with E-state index in [4.69, 9.17) is 22.1 Å². The van der Waals surface area contributed by atoms with E-state index >= 15 is 0 Å². The van der Waals surface area contributed by atoms with Crippen molar-refractivity contribution < 1.29 is 14.6 Å². The van der Waals surface area contributed by atoms with Crippen LogP contribution in [0.4, 0.5) is 17.1 Å². The van der Waals surface area contributed by atoms with Crippen molar-refractivity contribution in [2.45, 2.75) is 26.2 Å². The molecule has 1 aliphatic heterocycles. The zero-order valence-electron chi connectivity index (χ0n) is 20.6. The summed E-state index contributed by atoms with van der Waals surface area (Å²) in [5.41, 5.74) is 11.4. The number of ether oxygens (including phenoxy) is 1. The van der Waals surface area contributed by atoms with Crippen LogP contribution >= 0.6 is 11.6 Å². The van der Waals surface area contributed by atoms with E-state index in [-0.39, 0.29) is 11.7 Å². The Labute approximate surface area is 215 Å². The molecular formula is C30H27ClN2O3. The number of hydrogen-bond acceptors (Lipinski definition) is 4. The van der Waals surface area contributed by atoms with Crippen molar-refractivity contribution in [3.05, 3.63) is 111 Å². The summed E-state index contributed by atoms with van der Waals surface area (Å²) in [6.45, 7) is 5.56. The number of fused-ring (bicyclic) bond motifs is 1. The maximum Gasteiger partial charge on any atom is 0.251 e. The van der Waals surface area contributed by atoms with E-state index in [1.807, 2.05) is 87.5 Å². The normalized spacial score (nSPS) is 16.8. The van der Waals surface area contributed by atoms with Crippen LogP contribution in [0, 0.1) is 20.8 Å². The van der Waals surface area contributed by atoms with Gasteiger partial charge in [0, 0.05) is 11.6 Å². The number of halogens is 1. The molecule has 5 nitrogen and oxygen atoms in total. The zero-order chi connectivity index (χ0) is 25.8. The molecule has 0 bridgehead atoms. The average Bonchev–Trinajstić information content (AvgIpc) is 3.14. The number of nitrogens with zero attached hydrogens (tertiary/aromatic N) is 1. The number of benzene rings is 4. The summed E-state index contributed by atoms with van der Waals surface area (Å²) in [6.07, 6.45) is 0. The maximum atomic E-state index is 14.8. The Morgan fingerprint density at radius 3 is 2.19 bits per heavy atom. The lowest BCUT2D eigenvalue weighted by Gasteiger charge is -2.32. The number of para-hydroxylation sites is 1. The molecule has 0 aromatic heterocycles. The van der Waals surface area contributed by atoms with Gasteiger partial charge >= 0.3 is 0 Å². The molecular weight excluding hydrogens is 472 g/mol. The van der Waals surface area contributed by atoms with Crippen molar-refractivity contribution in [3.8, 4) is 11.5 Å². The minimum absolute atomic E-state index is 0.151. The van der Waals surface area contributed by atoms with Gasteiger partial charge in [0.15, 0.2) is 0 Å². The molecule has 1 atom stereocenters. The summed E-state index contributed by atoms with van der Waals surface area (Å²) in [5, 5.41) is 10.9. The number of nitrogens with two attached hydrogens (primary N) is 1. The highest BCUT2D eigenvalue weighted by atomic mass is 35.5. The summed E-state index contributed by atoms with van der Waals surface area (Å²) in [7, 11) is 1.60. The number of rotatable bonds is 4. The molecule has 0 saturated carbocycles. The molecule has 4 aromatic rings. The highest BCUT2D eigenvalue weighted by Gasteiger charge is 2.54. The van der Waals surface area contributed by atoms with Gasteiger partial charge < -0.3 is 15.6 Å². The molecule has 1 aliphatic rings. The molecule has 36 heavy (non-hydrogen) atoms. The van der Waals surface area contributed by atoms with Gasteiger partial charge in [0.05, 0.1) is 29.2 Å². The van der Waals surface area contributed by atoms with Crippen LogP contribution in [0.2, 0.25) is 5.02 Å². The van der Waals surface area contributed by atoms with E-state index in [1.54, 1.807) is 18.1 Å². The topological polar surface area (TPSA) is 75.8 Å². The van der Waals surface area contributed by atoms with Gasteiger partial charge in [-0.05, 0) is 72.9 Å². The fraction of sp³-hybridized carbons (Fsp3) is 0.167. The van der Waals surface area contributed by atoms with Crippen LogP contribution in [0.15, 0.2) is 72.8 Å². The number of aromatic hydroxyl groups is 1. The summed E-state index contributed by atoms with van der Waals surface area (Å²) in [5.74, 6) is 0.712. The number of phenolic OH excluding ortho intramolecular Hbond substituents is 1. The van der Waals surface area contributed by atoms with Crippen molar-refractivity contribution >= 4 is 34.6 Å². The van der Waals surface area contributed by atoms with E-state index in [0.717, 1.165) is 22.4 Å². The zero-order valence-corrected chi connectivity index (χ0v) is 21.4. The second kappa shape index (κ2) is 8.61. The Hall–Kier alpha value is -3.96. The summed E-state index contributed by atoms with van der Waals surface area (Å²) in [4.78, 5) is 16.6. The summed E-state index contributed by atoms with van der Waals surface area (Å²) >= 11 is 6.60. The number of carbonyl (C=O) groups is 1. The van der Waals surface area contributed by atoms with Gasteiger partial charge in [0.1, 0.15) is 16.9 Å². The highest BCUT2D eigenvalue weighted by Crippen LogP contribution is 2.54. The fourth-order valence-corrected chi connectivity index (χ4v) is 5.52. The van der Waals surface area contributed by atoms with Crippen molar-refractivity contribution in [1.29, 1.82) is 0 Å². The molecule has 1 unspecified atom stereocenters. The lowest BCUT2D eigenvalue weighted by Crippen LogP contribution is -2.40. The molecule has 0 radical (unpaired) electrons. The van der Waals surface area contributed by atoms with Gasteiger partial charge in [-0.15, -0.1) is 0 Å². The summed E-state index contributed by atoms with van der Waals surface area (Å²) in [6, 6.07) is 22.7. The molecule has 1 heterocycles. The van der Waals surface area contributed by atoms with Crippen LogP contribution in [-0.2, 0) is 10.2 Å². The third kappa shape index (κ3) is 3.34. The highest BCUT2D eigenvalue weighted by molar-refractivity contribution is 6.33. The third-order valence-electron chi connectivity index (χ3n) is 7.08. The van der Waals surface area contributed by atoms with Crippen LogP contribution in [-0.4, -0.2) is 18.1 Å². The lowest BCUT2D eigenvalue weighted by molar-refractivity contribution is -0.120. The second-order valence-electron chi connectivity index (χ2n) is 9.26. The number of phenols is 1. The molecule has 6 heteroatoms. The number of nitrogen functional groups attached to an aromatic ring is 1. The van der Waals surface area contributed by atoms with Gasteiger partial charge in [-0.3, -0.25) is 9.69 Å². The standard InChI is InChI=1S/C30H27ClN2O3/c1-17-12-21(15-25(31)27(17)32)30(20-13-18(2)28(34)19(3)14-20)24-10-5-6-11-26(24)33(29(30)35)22-8-7-9-23(16-22)36-4/h5-16,34H,32H2,1-4H3. The Balaban J connectivity index is 1.91. The molecule has 4 aromatic carbocycles.